The summed E-state index contributed by atoms with van der Waals surface area (Å²) < 4.78 is 12.7. The molecule has 0 unspecified atom stereocenters. The molecule has 0 amide bonds. The topological polar surface area (TPSA) is 24.9 Å². The van der Waals surface area contributed by atoms with Crippen molar-refractivity contribution in [2.75, 3.05) is 6.54 Å². The summed E-state index contributed by atoms with van der Waals surface area (Å²) in [5.74, 6) is -0.188. The summed E-state index contributed by atoms with van der Waals surface area (Å²) in [4.78, 5) is 5.79. The SMILES string of the molecule is Cc1nc(CCNCc2ccc(F)cc2)sc1C. The highest BCUT2D eigenvalue weighted by Crippen LogP contribution is 2.16. The van der Waals surface area contributed by atoms with Gasteiger partial charge in [-0.05, 0) is 31.5 Å². The van der Waals surface area contributed by atoms with E-state index in [1.807, 2.05) is 6.92 Å². The zero-order chi connectivity index (χ0) is 13.0. The maximum atomic E-state index is 12.7. The number of hydrogen-bond donors (Lipinski definition) is 1. The third kappa shape index (κ3) is 3.62. The molecule has 18 heavy (non-hydrogen) atoms. The Kier molecular flexibility index (Phi) is 4.44. The van der Waals surface area contributed by atoms with Gasteiger partial charge in [-0.1, -0.05) is 12.1 Å². The number of nitrogens with zero attached hydrogens (tertiary/aromatic N) is 1. The Morgan fingerprint density at radius 1 is 1.22 bits per heavy atom. The van der Waals surface area contributed by atoms with Crippen LogP contribution in [-0.2, 0) is 13.0 Å². The third-order valence-corrected chi connectivity index (χ3v) is 3.96. The van der Waals surface area contributed by atoms with Gasteiger partial charge in [-0.3, -0.25) is 0 Å². The van der Waals surface area contributed by atoms with Crippen LogP contribution in [0.15, 0.2) is 24.3 Å². The minimum absolute atomic E-state index is 0.188. The van der Waals surface area contributed by atoms with E-state index < -0.39 is 0 Å². The van der Waals surface area contributed by atoms with Gasteiger partial charge in [0.2, 0.25) is 0 Å². The van der Waals surface area contributed by atoms with Gasteiger partial charge in [0.25, 0.3) is 0 Å². The molecule has 1 N–H and O–H groups in total. The molecule has 2 aromatic rings. The second-order valence-electron chi connectivity index (χ2n) is 4.30. The highest BCUT2D eigenvalue weighted by Gasteiger charge is 2.02. The van der Waals surface area contributed by atoms with E-state index in [9.17, 15) is 4.39 Å². The highest BCUT2D eigenvalue weighted by molar-refractivity contribution is 7.11. The summed E-state index contributed by atoms with van der Waals surface area (Å²) in [6.45, 7) is 5.80. The maximum Gasteiger partial charge on any atom is 0.123 e. The molecule has 1 aromatic carbocycles. The first kappa shape index (κ1) is 13.2. The smallest absolute Gasteiger partial charge is 0.123 e. The maximum absolute atomic E-state index is 12.7. The first-order valence-electron chi connectivity index (χ1n) is 6.03. The number of nitrogens with one attached hydrogen (secondary N) is 1. The van der Waals surface area contributed by atoms with Crippen LogP contribution in [0, 0.1) is 19.7 Å². The van der Waals surface area contributed by atoms with Crippen LogP contribution < -0.4 is 5.32 Å². The van der Waals surface area contributed by atoms with E-state index in [-0.39, 0.29) is 5.82 Å². The molecule has 0 radical (unpaired) electrons. The molecule has 0 saturated heterocycles. The molecular formula is C14H17FN2S. The summed E-state index contributed by atoms with van der Waals surface area (Å²) in [6, 6.07) is 6.59. The molecule has 2 nitrogen and oxygen atoms in total. The summed E-state index contributed by atoms with van der Waals surface area (Å²) in [7, 11) is 0. The fraction of sp³-hybridized carbons (Fsp3) is 0.357. The zero-order valence-electron chi connectivity index (χ0n) is 10.7. The lowest BCUT2D eigenvalue weighted by molar-refractivity contribution is 0.625. The first-order chi connectivity index (χ1) is 8.65. The van der Waals surface area contributed by atoms with Gasteiger partial charge in [0.15, 0.2) is 0 Å². The van der Waals surface area contributed by atoms with Gasteiger partial charge in [0.05, 0.1) is 10.7 Å². The van der Waals surface area contributed by atoms with Gasteiger partial charge in [-0.2, -0.15) is 0 Å². The van der Waals surface area contributed by atoms with E-state index in [1.54, 1.807) is 23.5 Å². The molecule has 0 aliphatic carbocycles. The highest BCUT2D eigenvalue weighted by atomic mass is 32.1. The molecule has 0 bridgehead atoms. The van der Waals surface area contributed by atoms with E-state index in [1.165, 1.54) is 22.0 Å². The Morgan fingerprint density at radius 3 is 2.56 bits per heavy atom. The van der Waals surface area contributed by atoms with Gasteiger partial charge in [0.1, 0.15) is 5.82 Å². The standard InChI is InChI=1S/C14H17FN2S/c1-10-11(2)18-14(17-10)7-8-16-9-12-3-5-13(15)6-4-12/h3-6,16H,7-9H2,1-2H3. The third-order valence-electron chi connectivity index (χ3n) is 2.83. The minimum atomic E-state index is -0.188. The van der Waals surface area contributed by atoms with Crippen molar-refractivity contribution in [3.05, 3.63) is 51.2 Å². The Hall–Kier alpha value is -1.26. The van der Waals surface area contributed by atoms with Gasteiger partial charge < -0.3 is 5.32 Å². The summed E-state index contributed by atoms with van der Waals surface area (Å²) in [6.07, 6.45) is 0.945. The molecule has 0 aliphatic rings. The molecule has 0 saturated carbocycles. The number of hydrogen-bond acceptors (Lipinski definition) is 3. The number of thiazole rings is 1. The van der Waals surface area contributed by atoms with Gasteiger partial charge in [-0.25, -0.2) is 9.37 Å². The van der Waals surface area contributed by atoms with E-state index in [0.29, 0.717) is 0 Å². The van der Waals surface area contributed by atoms with Crippen LogP contribution in [0.25, 0.3) is 0 Å². The molecule has 1 heterocycles. The Bertz CT molecular complexity index is 486. The lowest BCUT2D eigenvalue weighted by Crippen LogP contribution is -2.16. The summed E-state index contributed by atoms with van der Waals surface area (Å²) in [5.41, 5.74) is 2.23. The number of aryl methyl sites for hydroxylation is 2. The number of halogens is 1. The van der Waals surface area contributed by atoms with Crippen LogP contribution in [0.4, 0.5) is 4.39 Å². The molecular weight excluding hydrogens is 247 g/mol. The normalized spacial score (nSPS) is 10.8. The number of rotatable bonds is 5. The van der Waals surface area contributed by atoms with E-state index in [0.717, 1.165) is 30.8 Å². The van der Waals surface area contributed by atoms with E-state index >= 15 is 0 Å². The Labute approximate surface area is 111 Å². The van der Waals surface area contributed by atoms with Crippen molar-refractivity contribution in [2.24, 2.45) is 0 Å². The van der Waals surface area contributed by atoms with Crippen LogP contribution in [0.5, 0.6) is 0 Å². The van der Waals surface area contributed by atoms with Crippen LogP contribution in [0.2, 0.25) is 0 Å². The molecule has 2 rings (SSSR count). The van der Waals surface area contributed by atoms with Gasteiger partial charge in [0, 0.05) is 24.4 Å². The summed E-state index contributed by atoms with van der Waals surface area (Å²) in [5, 5.41) is 4.52. The van der Waals surface area contributed by atoms with E-state index in [2.05, 4.69) is 17.2 Å². The minimum Gasteiger partial charge on any atom is -0.312 e. The summed E-state index contributed by atoms with van der Waals surface area (Å²) >= 11 is 1.76. The Balaban J connectivity index is 1.74. The van der Waals surface area contributed by atoms with Crippen molar-refractivity contribution in [1.82, 2.24) is 10.3 Å². The van der Waals surface area contributed by atoms with Crippen molar-refractivity contribution >= 4 is 11.3 Å². The number of aromatic nitrogens is 1. The molecule has 0 fully saturated rings. The van der Waals surface area contributed by atoms with E-state index in [4.69, 9.17) is 0 Å². The largest absolute Gasteiger partial charge is 0.312 e. The number of benzene rings is 1. The molecule has 4 heteroatoms. The molecule has 96 valence electrons. The zero-order valence-corrected chi connectivity index (χ0v) is 11.5. The second kappa shape index (κ2) is 6.07. The molecule has 0 atom stereocenters. The van der Waals surface area contributed by atoms with Crippen molar-refractivity contribution in [3.63, 3.8) is 0 Å². The van der Waals surface area contributed by atoms with Crippen LogP contribution in [0.3, 0.4) is 0 Å². The average Bonchev–Trinajstić information content (AvgIpc) is 2.67. The van der Waals surface area contributed by atoms with Crippen molar-refractivity contribution < 1.29 is 4.39 Å². The van der Waals surface area contributed by atoms with Crippen LogP contribution in [-0.4, -0.2) is 11.5 Å². The predicted molar refractivity (Wildman–Crippen MR) is 73.4 cm³/mol. The lowest BCUT2D eigenvalue weighted by atomic mass is 10.2. The first-order valence-corrected chi connectivity index (χ1v) is 6.85. The molecule has 0 aliphatic heterocycles. The quantitative estimate of drug-likeness (QED) is 0.839. The average molecular weight is 264 g/mol. The Morgan fingerprint density at radius 2 is 1.94 bits per heavy atom. The lowest BCUT2D eigenvalue weighted by Gasteiger charge is -2.03. The fourth-order valence-corrected chi connectivity index (χ4v) is 2.61. The van der Waals surface area contributed by atoms with Crippen LogP contribution >= 0.6 is 11.3 Å². The van der Waals surface area contributed by atoms with Crippen LogP contribution in [0.1, 0.15) is 21.1 Å². The molecule has 0 spiro atoms. The van der Waals surface area contributed by atoms with Gasteiger partial charge >= 0.3 is 0 Å². The van der Waals surface area contributed by atoms with Crippen molar-refractivity contribution in [1.29, 1.82) is 0 Å². The molecule has 1 aromatic heterocycles. The fourth-order valence-electron chi connectivity index (χ4n) is 1.68. The second-order valence-corrected chi connectivity index (χ2v) is 5.59. The van der Waals surface area contributed by atoms with Gasteiger partial charge in [-0.15, -0.1) is 11.3 Å². The monoisotopic (exact) mass is 264 g/mol. The van der Waals surface area contributed by atoms with Crippen molar-refractivity contribution in [2.45, 2.75) is 26.8 Å². The van der Waals surface area contributed by atoms with Crippen molar-refractivity contribution in [3.8, 4) is 0 Å². The predicted octanol–water partition coefficient (Wildman–Crippen LogP) is 3.23.